The predicted octanol–water partition coefficient (Wildman–Crippen LogP) is 3.94. The fourth-order valence-electron chi connectivity index (χ4n) is 1.71. The molecule has 0 radical (unpaired) electrons. The van der Waals surface area contributed by atoms with Gasteiger partial charge in [0.15, 0.2) is 0 Å². The van der Waals surface area contributed by atoms with Crippen molar-refractivity contribution < 1.29 is 9.53 Å². The van der Waals surface area contributed by atoms with E-state index in [1.165, 1.54) is 4.09 Å². The van der Waals surface area contributed by atoms with E-state index in [1.54, 1.807) is 24.4 Å². The number of benzene rings is 1. The molecular weight excluding hydrogens is 302 g/mol. The number of carbonyl (C=O) groups excluding carboxylic acids is 1. The van der Waals surface area contributed by atoms with E-state index in [-0.39, 0.29) is 6.61 Å². The lowest BCUT2D eigenvalue weighted by molar-refractivity contribution is 0.0997. The Labute approximate surface area is 134 Å². The van der Waals surface area contributed by atoms with Crippen LogP contribution in [0.2, 0.25) is 0 Å². The molecule has 1 heterocycles. The Bertz CT molecular complexity index is 692. The van der Waals surface area contributed by atoms with Gasteiger partial charge >= 0.3 is 0 Å². The van der Waals surface area contributed by atoms with Gasteiger partial charge in [0, 0.05) is 28.3 Å². The second kappa shape index (κ2) is 8.76. The number of rotatable bonds is 4. The van der Waals surface area contributed by atoms with Gasteiger partial charge in [-0.3, -0.25) is 4.79 Å². The van der Waals surface area contributed by atoms with Crippen LogP contribution in [0, 0.1) is 6.92 Å². The highest BCUT2D eigenvalue weighted by molar-refractivity contribution is 7.78. The van der Waals surface area contributed by atoms with E-state index >= 15 is 0 Å². The lowest BCUT2D eigenvalue weighted by Gasteiger charge is -2.10. The number of ether oxygens (including phenoxy) is 1. The van der Waals surface area contributed by atoms with Crippen molar-refractivity contribution >= 4 is 18.7 Å². The molecule has 1 amide bonds. The molecule has 0 unspecified atom stereocenters. The number of amides is 1. The van der Waals surface area contributed by atoms with E-state index in [0.29, 0.717) is 17.0 Å². The molecule has 0 saturated heterocycles. The minimum atomic E-state index is -0.630. The molecule has 0 spiro atoms. The third kappa shape index (κ3) is 4.54. The molecule has 0 aliphatic carbocycles. The highest BCUT2D eigenvalue weighted by atomic mass is 32.1. The van der Waals surface area contributed by atoms with Crippen molar-refractivity contribution in [3.8, 4) is 5.88 Å². The highest BCUT2D eigenvalue weighted by Crippen LogP contribution is 2.18. The van der Waals surface area contributed by atoms with E-state index in [4.69, 9.17) is 10.3 Å². The lowest BCUT2D eigenvalue weighted by Crippen LogP contribution is -2.06. The van der Waals surface area contributed by atoms with Gasteiger partial charge in [-0.05, 0) is 35.9 Å². The number of thiol groups is 1. The maximum atomic E-state index is 11.7. The Morgan fingerprint density at radius 3 is 2.77 bits per heavy atom. The van der Waals surface area contributed by atoms with Gasteiger partial charge in [0.05, 0.1) is 0 Å². The number of nitrogens with zero attached hydrogens (tertiary/aromatic N) is 5. The normalized spacial score (nSPS) is 9.27. The van der Waals surface area contributed by atoms with E-state index in [9.17, 15) is 4.79 Å². The van der Waals surface area contributed by atoms with Crippen molar-refractivity contribution in [2.45, 2.75) is 27.4 Å². The molecule has 2 aromatic rings. The van der Waals surface area contributed by atoms with Crippen LogP contribution in [0.15, 0.2) is 35.6 Å². The Morgan fingerprint density at radius 2 is 2.18 bits per heavy atom. The summed E-state index contributed by atoms with van der Waals surface area (Å²) >= 11 is 4.00. The second-order valence-corrected chi connectivity index (χ2v) is 4.37. The third-order valence-corrected chi connectivity index (χ3v) is 2.91. The van der Waals surface area contributed by atoms with Gasteiger partial charge in [-0.2, -0.15) is 0 Å². The van der Waals surface area contributed by atoms with Crippen molar-refractivity contribution in [2.24, 2.45) is 5.11 Å². The van der Waals surface area contributed by atoms with Crippen LogP contribution < -0.4 is 4.74 Å². The quantitative estimate of drug-likeness (QED) is 0.400. The lowest BCUT2D eigenvalue weighted by atomic mass is 10.0. The average molecular weight is 319 g/mol. The summed E-state index contributed by atoms with van der Waals surface area (Å²) in [5, 5.41) is 7.07. The third-order valence-electron chi connectivity index (χ3n) is 2.69. The minimum Gasteiger partial charge on any atom is -0.472 e. The summed E-state index contributed by atoms with van der Waals surface area (Å²) in [6.07, 6.45) is 1.63. The van der Waals surface area contributed by atoms with Crippen molar-refractivity contribution in [2.75, 3.05) is 0 Å². The molecular formula is C14H17N5O2S. The Morgan fingerprint density at radius 1 is 1.45 bits per heavy atom. The topological polar surface area (TPSA) is 92.9 Å². The number of hydrogen-bond acceptors (Lipinski definition) is 4. The van der Waals surface area contributed by atoms with Crippen LogP contribution in [0.3, 0.4) is 0 Å². The van der Waals surface area contributed by atoms with E-state index in [2.05, 4.69) is 27.9 Å². The summed E-state index contributed by atoms with van der Waals surface area (Å²) in [6, 6.07) is 6.82. The first-order valence-corrected chi connectivity index (χ1v) is 7.07. The first-order chi connectivity index (χ1) is 10.6. The largest absolute Gasteiger partial charge is 0.472 e. The molecule has 8 heteroatoms. The SMILES string of the molecule is CC.Cc1cccc(C(=O)N=[N+]=[N-])c1COc1ccn(S)n1. The van der Waals surface area contributed by atoms with Crippen molar-refractivity contribution in [3.05, 3.63) is 57.6 Å². The molecule has 22 heavy (non-hydrogen) atoms. The second-order valence-electron chi connectivity index (χ2n) is 3.96. The monoisotopic (exact) mass is 319 g/mol. The van der Waals surface area contributed by atoms with Crippen LogP contribution in [0.1, 0.15) is 35.3 Å². The van der Waals surface area contributed by atoms with Gasteiger partial charge in [0.1, 0.15) is 6.61 Å². The zero-order valence-corrected chi connectivity index (χ0v) is 13.5. The van der Waals surface area contributed by atoms with Crippen molar-refractivity contribution in [3.63, 3.8) is 0 Å². The van der Waals surface area contributed by atoms with Gasteiger partial charge in [-0.25, -0.2) is 4.09 Å². The zero-order chi connectivity index (χ0) is 16.5. The number of azide groups is 1. The highest BCUT2D eigenvalue weighted by Gasteiger charge is 2.13. The fraction of sp³-hybridized carbons (Fsp3) is 0.286. The molecule has 1 aromatic heterocycles. The van der Waals surface area contributed by atoms with Crippen molar-refractivity contribution in [1.82, 2.24) is 9.19 Å². The van der Waals surface area contributed by atoms with Crippen LogP contribution in [0.25, 0.3) is 10.4 Å². The van der Waals surface area contributed by atoms with E-state index in [0.717, 1.165) is 5.56 Å². The molecule has 0 N–H and O–H groups in total. The number of aryl methyl sites for hydroxylation is 1. The number of carbonyl (C=O) groups is 1. The van der Waals surface area contributed by atoms with E-state index in [1.807, 2.05) is 26.8 Å². The molecule has 1 aromatic carbocycles. The van der Waals surface area contributed by atoms with Crippen LogP contribution in [0.5, 0.6) is 5.88 Å². The summed E-state index contributed by atoms with van der Waals surface area (Å²) in [5.41, 5.74) is 10.2. The first kappa shape index (κ1) is 17.6. The molecule has 7 nitrogen and oxygen atoms in total. The summed E-state index contributed by atoms with van der Waals surface area (Å²) < 4.78 is 6.81. The molecule has 0 atom stereocenters. The van der Waals surface area contributed by atoms with E-state index < -0.39 is 5.91 Å². The number of hydrogen-bond donors (Lipinski definition) is 1. The van der Waals surface area contributed by atoms with Gasteiger partial charge < -0.3 is 4.74 Å². The molecule has 116 valence electrons. The summed E-state index contributed by atoms with van der Waals surface area (Å²) in [5.74, 6) is -0.236. The average Bonchev–Trinajstić information content (AvgIpc) is 2.93. The van der Waals surface area contributed by atoms with Crippen LogP contribution in [0.4, 0.5) is 0 Å². The first-order valence-electron chi connectivity index (χ1n) is 6.67. The Hall–Kier alpha value is -2.44. The molecule has 0 fully saturated rings. The van der Waals surface area contributed by atoms with Gasteiger partial charge in [0.25, 0.3) is 0 Å². The maximum absolute atomic E-state index is 11.7. The summed E-state index contributed by atoms with van der Waals surface area (Å²) in [6.45, 7) is 6.00. The molecule has 0 aliphatic heterocycles. The Balaban J connectivity index is 0.00000116. The smallest absolute Gasteiger partial charge is 0.249 e. The van der Waals surface area contributed by atoms with Crippen LogP contribution in [-0.2, 0) is 6.61 Å². The standard InChI is InChI=1S/C12H11N5O2S.C2H6/c1-8-3-2-4-9(12(18)14-16-13)10(8)7-19-11-5-6-17(20)15-11;1-2/h2-6,20H,7H2,1H3;1-2H3. The van der Waals surface area contributed by atoms with Gasteiger partial charge in [-0.1, -0.05) is 32.0 Å². The Kier molecular flexibility index (Phi) is 7.01. The molecule has 0 aliphatic rings. The molecule has 0 saturated carbocycles. The van der Waals surface area contributed by atoms with Crippen LogP contribution in [-0.4, -0.2) is 15.1 Å². The fourth-order valence-corrected chi connectivity index (χ4v) is 1.86. The zero-order valence-electron chi connectivity index (χ0n) is 12.6. The molecule has 0 bridgehead atoms. The van der Waals surface area contributed by atoms with Crippen LogP contribution >= 0.6 is 12.8 Å². The minimum absolute atomic E-state index is 0.152. The predicted molar refractivity (Wildman–Crippen MR) is 86.9 cm³/mol. The maximum Gasteiger partial charge on any atom is 0.249 e. The summed E-state index contributed by atoms with van der Waals surface area (Å²) in [4.78, 5) is 14.2. The van der Waals surface area contributed by atoms with Crippen molar-refractivity contribution in [1.29, 1.82) is 0 Å². The van der Waals surface area contributed by atoms with Gasteiger partial charge in [-0.15, -0.1) is 5.10 Å². The molecule has 2 rings (SSSR count). The summed E-state index contributed by atoms with van der Waals surface area (Å²) in [7, 11) is 0. The van der Waals surface area contributed by atoms with Gasteiger partial charge in [0.2, 0.25) is 11.8 Å². The number of aromatic nitrogens is 2.